The van der Waals surface area contributed by atoms with E-state index in [1.165, 1.54) is 42.3 Å². The SMILES string of the molecule is CN(C)C1(CNC(=O)c2cc(S(=O)(=O)N3CCCC3)c[nH]2)CCCCCC1. The average Bonchev–Trinajstić information content (AvgIpc) is 3.29. The standard InChI is InChI=1S/C19H32N4O3S/c1-22(2)19(9-5-3-4-6-10-19)15-21-18(24)17-13-16(14-20-17)27(25,26)23-11-7-8-12-23/h13-14,20H,3-12,15H2,1-2H3,(H,21,24). The van der Waals surface area contributed by atoms with E-state index >= 15 is 0 Å². The Labute approximate surface area is 162 Å². The number of hydrogen-bond donors (Lipinski definition) is 2. The van der Waals surface area contributed by atoms with Gasteiger partial charge in [0.25, 0.3) is 5.91 Å². The fourth-order valence-corrected chi connectivity index (χ4v) is 5.75. The predicted octanol–water partition coefficient (Wildman–Crippen LogP) is 2.18. The second-order valence-corrected chi connectivity index (χ2v) is 10.0. The monoisotopic (exact) mass is 396 g/mol. The molecule has 1 saturated heterocycles. The van der Waals surface area contributed by atoms with Crippen LogP contribution in [0.3, 0.4) is 0 Å². The summed E-state index contributed by atoms with van der Waals surface area (Å²) in [6.07, 6.45) is 10.2. The van der Waals surface area contributed by atoms with Crippen LogP contribution >= 0.6 is 0 Å². The zero-order valence-electron chi connectivity index (χ0n) is 16.5. The molecule has 8 heteroatoms. The van der Waals surface area contributed by atoms with E-state index in [2.05, 4.69) is 29.3 Å². The third-order valence-electron chi connectivity index (χ3n) is 6.16. The zero-order chi connectivity index (χ0) is 19.5. The Morgan fingerprint density at radius 2 is 1.78 bits per heavy atom. The van der Waals surface area contributed by atoms with Crippen LogP contribution in [0.15, 0.2) is 17.2 Å². The van der Waals surface area contributed by atoms with Crippen LogP contribution < -0.4 is 5.32 Å². The zero-order valence-corrected chi connectivity index (χ0v) is 17.3. The van der Waals surface area contributed by atoms with E-state index in [9.17, 15) is 13.2 Å². The van der Waals surface area contributed by atoms with Crippen LogP contribution in [0.25, 0.3) is 0 Å². The van der Waals surface area contributed by atoms with Gasteiger partial charge < -0.3 is 15.2 Å². The first kappa shape index (κ1) is 20.4. The molecule has 0 spiro atoms. The summed E-state index contributed by atoms with van der Waals surface area (Å²) in [5.74, 6) is -0.247. The Hall–Kier alpha value is -1.38. The minimum atomic E-state index is -3.50. The summed E-state index contributed by atoms with van der Waals surface area (Å²) in [6.45, 7) is 1.69. The highest BCUT2D eigenvalue weighted by Gasteiger charge is 2.34. The number of aromatic amines is 1. The Morgan fingerprint density at radius 3 is 2.37 bits per heavy atom. The summed E-state index contributed by atoms with van der Waals surface area (Å²) in [4.78, 5) is 17.9. The van der Waals surface area contributed by atoms with Crippen molar-refractivity contribution in [2.45, 2.75) is 61.8 Å². The maximum atomic E-state index is 12.6. The van der Waals surface area contributed by atoms with E-state index in [0.717, 1.165) is 25.7 Å². The summed E-state index contributed by atoms with van der Waals surface area (Å²) in [7, 11) is 0.649. The number of aromatic nitrogens is 1. The van der Waals surface area contributed by atoms with Crippen LogP contribution in [0.5, 0.6) is 0 Å². The van der Waals surface area contributed by atoms with E-state index in [1.54, 1.807) is 0 Å². The van der Waals surface area contributed by atoms with Crippen LogP contribution in [-0.2, 0) is 10.0 Å². The van der Waals surface area contributed by atoms with E-state index in [0.29, 0.717) is 25.3 Å². The summed E-state index contributed by atoms with van der Waals surface area (Å²) in [6, 6.07) is 1.46. The van der Waals surface area contributed by atoms with Gasteiger partial charge in [0.15, 0.2) is 0 Å². The van der Waals surface area contributed by atoms with Gasteiger partial charge in [-0.15, -0.1) is 0 Å². The van der Waals surface area contributed by atoms with E-state index < -0.39 is 10.0 Å². The fourth-order valence-electron chi connectivity index (χ4n) is 4.24. The molecule has 2 heterocycles. The molecular weight excluding hydrogens is 364 g/mol. The maximum absolute atomic E-state index is 12.6. The van der Waals surface area contributed by atoms with Gasteiger partial charge in [-0.2, -0.15) is 4.31 Å². The number of carbonyl (C=O) groups excluding carboxylic acids is 1. The smallest absolute Gasteiger partial charge is 0.267 e. The van der Waals surface area contributed by atoms with Gasteiger partial charge in [-0.25, -0.2) is 8.42 Å². The van der Waals surface area contributed by atoms with Crippen LogP contribution in [-0.4, -0.2) is 67.8 Å². The first-order valence-electron chi connectivity index (χ1n) is 9.99. The molecule has 3 rings (SSSR count). The normalized spacial score (nSPS) is 21.3. The number of nitrogens with zero attached hydrogens (tertiary/aromatic N) is 2. The first-order chi connectivity index (χ1) is 12.8. The highest BCUT2D eigenvalue weighted by molar-refractivity contribution is 7.89. The number of hydrogen-bond acceptors (Lipinski definition) is 4. The van der Waals surface area contributed by atoms with Crippen LogP contribution in [0, 0.1) is 0 Å². The summed E-state index contributed by atoms with van der Waals surface area (Å²) in [5, 5.41) is 3.03. The van der Waals surface area contributed by atoms with Crippen molar-refractivity contribution in [3.63, 3.8) is 0 Å². The summed E-state index contributed by atoms with van der Waals surface area (Å²) in [5.41, 5.74) is 0.277. The van der Waals surface area contributed by atoms with Crippen LogP contribution in [0.4, 0.5) is 0 Å². The number of nitrogens with one attached hydrogen (secondary N) is 2. The minimum Gasteiger partial charge on any atom is -0.356 e. The third kappa shape index (κ3) is 4.38. The molecule has 2 N–H and O–H groups in total. The molecule has 0 aromatic carbocycles. The molecule has 0 unspecified atom stereocenters. The van der Waals surface area contributed by atoms with Gasteiger partial charge in [0.2, 0.25) is 10.0 Å². The minimum absolute atomic E-state index is 0.0246. The Morgan fingerprint density at radius 1 is 1.15 bits per heavy atom. The summed E-state index contributed by atoms with van der Waals surface area (Å²) >= 11 is 0. The Balaban J connectivity index is 1.67. The molecule has 0 atom stereocenters. The van der Waals surface area contributed by atoms with Crippen molar-refractivity contribution in [1.82, 2.24) is 19.5 Å². The predicted molar refractivity (Wildman–Crippen MR) is 105 cm³/mol. The molecule has 2 aliphatic rings. The molecule has 0 bridgehead atoms. The molecule has 1 aromatic rings. The third-order valence-corrected chi connectivity index (χ3v) is 8.04. The second-order valence-electron chi connectivity index (χ2n) is 8.08. The van der Waals surface area contributed by atoms with Crippen molar-refractivity contribution >= 4 is 15.9 Å². The average molecular weight is 397 g/mol. The highest BCUT2D eigenvalue weighted by atomic mass is 32.2. The van der Waals surface area contributed by atoms with E-state index in [1.807, 2.05) is 0 Å². The van der Waals surface area contributed by atoms with Crippen molar-refractivity contribution in [3.8, 4) is 0 Å². The number of H-pyrrole nitrogens is 1. The lowest BCUT2D eigenvalue weighted by molar-refractivity contribution is 0.0865. The number of rotatable bonds is 6. The van der Waals surface area contributed by atoms with Gasteiger partial charge >= 0.3 is 0 Å². The highest BCUT2D eigenvalue weighted by Crippen LogP contribution is 2.30. The van der Waals surface area contributed by atoms with Crippen molar-refractivity contribution < 1.29 is 13.2 Å². The van der Waals surface area contributed by atoms with E-state index in [4.69, 9.17) is 0 Å². The van der Waals surface area contributed by atoms with Gasteiger partial charge in [-0.1, -0.05) is 25.7 Å². The molecule has 1 aliphatic heterocycles. The van der Waals surface area contributed by atoms with Gasteiger partial charge in [0.05, 0.1) is 0 Å². The first-order valence-corrected chi connectivity index (χ1v) is 11.4. The van der Waals surface area contributed by atoms with Crippen molar-refractivity contribution in [2.75, 3.05) is 33.7 Å². The lowest BCUT2D eigenvalue weighted by Gasteiger charge is -2.39. The molecule has 152 valence electrons. The molecule has 1 amide bonds. The molecule has 7 nitrogen and oxygen atoms in total. The van der Waals surface area contributed by atoms with Crippen molar-refractivity contribution in [2.24, 2.45) is 0 Å². The van der Waals surface area contributed by atoms with Crippen molar-refractivity contribution in [1.29, 1.82) is 0 Å². The number of sulfonamides is 1. The van der Waals surface area contributed by atoms with Gasteiger partial charge in [-0.3, -0.25) is 4.79 Å². The Kier molecular flexibility index (Phi) is 6.28. The molecule has 0 radical (unpaired) electrons. The molecule has 2 fully saturated rings. The van der Waals surface area contributed by atoms with Crippen LogP contribution in [0.1, 0.15) is 61.9 Å². The summed E-state index contributed by atoms with van der Waals surface area (Å²) < 4.78 is 26.7. The number of amides is 1. The van der Waals surface area contributed by atoms with Gasteiger partial charge in [-0.05, 0) is 45.8 Å². The molecular formula is C19H32N4O3S. The molecule has 1 aromatic heterocycles. The molecule has 1 saturated carbocycles. The largest absolute Gasteiger partial charge is 0.356 e. The molecule has 27 heavy (non-hydrogen) atoms. The Bertz CT molecular complexity index is 743. The topological polar surface area (TPSA) is 85.5 Å². The second kappa shape index (κ2) is 8.32. The maximum Gasteiger partial charge on any atom is 0.267 e. The van der Waals surface area contributed by atoms with E-state index in [-0.39, 0.29) is 16.3 Å². The lowest BCUT2D eigenvalue weighted by Crippen LogP contribution is -2.52. The number of carbonyl (C=O) groups is 1. The van der Waals surface area contributed by atoms with Gasteiger partial charge in [0, 0.05) is 31.4 Å². The quantitative estimate of drug-likeness (QED) is 0.722. The molecule has 1 aliphatic carbocycles. The lowest BCUT2D eigenvalue weighted by atomic mass is 9.88. The van der Waals surface area contributed by atoms with Crippen LogP contribution in [0.2, 0.25) is 0 Å². The number of likely N-dealkylation sites (N-methyl/N-ethyl adjacent to an activating group) is 1. The fraction of sp³-hybridized carbons (Fsp3) is 0.737. The van der Waals surface area contributed by atoms with Gasteiger partial charge in [0.1, 0.15) is 10.6 Å². The van der Waals surface area contributed by atoms with Crippen molar-refractivity contribution in [3.05, 3.63) is 18.0 Å².